The van der Waals surface area contributed by atoms with E-state index in [1.165, 1.54) is 26.2 Å². The summed E-state index contributed by atoms with van der Waals surface area (Å²) in [6.07, 6.45) is 9.08. The molecule has 1 atom stereocenters. The molecule has 1 aliphatic rings. The molecule has 1 N–H and O–H groups in total. The van der Waals surface area contributed by atoms with Crippen molar-refractivity contribution in [3.63, 3.8) is 0 Å². The number of nitrogens with one attached hydrogen (secondary N) is 1. The molecule has 3 heterocycles. The Labute approximate surface area is 102 Å². The first-order valence-corrected chi connectivity index (χ1v) is 6.57. The molecule has 3 aromatic rings. The zero-order valence-corrected chi connectivity index (χ0v) is 10.2. The summed E-state index contributed by atoms with van der Waals surface area (Å²) >= 11 is 1.74. The number of nitrogens with zero attached hydrogens (tertiary/aromatic N) is 2. The maximum atomic E-state index is 4.44. The van der Waals surface area contributed by atoms with Crippen molar-refractivity contribution in [2.45, 2.75) is 19.3 Å². The lowest BCUT2D eigenvalue weighted by molar-refractivity contribution is 0.778. The molecule has 3 aromatic heterocycles. The lowest BCUT2D eigenvalue weighted by Crippen LogP contribution is -1.97. The maximum absolute atomic E-state index is 4.44. The molecule has 4 heteroatoms. The van der Waals surface area contributed by atoms with E-state index in [-0.39, 0.29) is 0 Å². The molecule has 1 unspecified atom stereocenters. The van der Waals surface area contributed by atoms with Crippen molar-refractivity contribution in [2.75, 3.05) is 0 Å². The number of hydrogen-bond acceptors (Lipinski definition) is 3. The van der Waals surface area contributed by atoms with Gasteiger partial charge in [-0.1, -0.05) is 13.0 Å². The van der Waals surface area contributed by atoms with Gasteiger partial charge in [0.2, 0.25) is 0 Å². The van der Waals surface area contributed by atoms with Crippen molar-refractivity contribution < 1.29 is 0 Å². The molecule has 3 nitrogen and oxygen atoms in total. The van der Waals surface area contributed by atoms with E-state index in [1.54, 1.807) is 17.7 Å². The van der Waals surface area contributed by atoms with Gasteiger partial charge in [0.05, 0.1) is 10.2 Å². The summed E-state index contributed by atoms with van der Waals surface area (Å²) in [5.41, 5.74) is 3.78. The first kappa shape index (κ1) is 9.36. The molecule has 0 saturated heterocycles. The predicted molar refractivity (Wildman–Crippen MR) is 71.3 cm³/mol. The van der Waals surface area contributed by atoms with E-state index >= 15 is 0 Å². The van der Waals surface area contributed by atoms with Crippen LogP contribution in [0.1, 0.15) is 30.5 Å². The second kappa shape index (κ2) is 3.17. The highest BCUT2D eigenvalue weighted by Gasteiger charge is 2.22. The third-order valence-corrected chi connectivity index (χ3v) is 4.46. The molecule has 0 saturated carbocycles. The van der Waals surface area contributed by atoms with Crippen molar-refractivity contribution in [3.05, 3.63) is 29.9 Å². The third kappa shape index (κ3) is 1.16. The van der Waals surface area contributed by atoms with E-state index in [9.17, 15) is 0 Å². The molecule has 0 aliphatic heterocycles. The average Bonchev–Trinajstić information content (AvgIpc) is 2.84. The standard InChI is InChI=1S/C13H11N3S/c1-7-3-2-4-8-10(7)11-12-9(5-14-6-15-12)17-13(11)16-8/h2,4-7,16H,3H2,1H3. The van der Waals surface area contributed by atoms with Gasteiger partial charge in [-0.3, -0.25) is 0 Å². The van der Waals surface area contributed by atoms with E-state index in [0.29, 0.717) is 5.92 Å². The van der Waals surface area contributed by atoms with E-state index < -0.39 is 0 Å². The van der Waals surface area contributed by atoms with Gasteiger partial charge in [-0.2, -0.15) is 0 Å². The lowest BCUT2D eigenvalue weighted by atomic mass is 9.91. The predicted octanol–water partition coefficient (Wildman–Crippen LogP) is 3.69. The summed E-state index contributed by atoms with van der Waals surface area (Å²) in [4.78, 5) is 13.3. The topological polar surface area (TPSA) is 41.6 Å². The molecule has 0 fully saturated rings. The van der Waals surface area contributed by atoms with Crippen molar-refractivity contribution in [1.82, 2.24) is 15.0 Å². The highest BCUT2D eigenvalue weighted by atomic mass is 32.1. The van der Waals surface area contributed by atoms with Gasteiger partial charge in [0.25, 0.3) is 0 Å². The number of fused-ring (bicyclic) bond motifs is 5. The number of aromatic amines is 1. The van der Waals surface area contributed by atoms with Gasteiger partial charge in [0.15, 0.2) is 0 Å². The fourth-order valence-corrected chi connectivity index (χ4v) is 3.72. The Morgan fingerprint density at radius 1 is 1.47 bits per heavy atom. The Bertz CT molecular complexity index is 751. The second-order valence-electron chi connectivity index (χ2n) is 4.53. The summed E-state index contributed by atoms with van der Waals surface area (Å²) in [6, 6.07) is 0. The van der Waals surface area contributed by atoms with Gasteiger partial charge in [0, 0.05) is 17.3 Å². The Morgan fingerprint density at radius 3 is 3.35 bits per heavy atom. The summed E-state index contributed by atoms with van der Waals surface area (Å²) in [5, 5.41) is 1.30. The molecular formula is C13H11N3S. The van der Waals surface area contributed by atoms with E-state index in [4.69, 9.17) is 0 Å². The molecule has 0 radical (unpaired) electrons. The molecule has 1 aliphatic carbocycles. The summed E-state index contributed by atoms with van der Waals surface area (Å²) < 4.78 is 1.17. The zero-order valence-electron chi connectivity index (χ0n) is 9.40. The van der Waals surface area contributed by atoms with Crippen molar-refractivity contribution in [3.8, 4) is 0 Å². The Balaban J connectivity index is 2.22. The average molecular weight is 241 g/mol. The number of H-pyrrole nitrogens is 1. The van der Waals surface area contributed by atoms with Crippen LogP contribution in [-0.2, 0) is 0 Å². The number of allylic oxidation sites excluding steroid dienone is 1. The summed E-state index contributed by atoms with van der Waals surface area (Å²) in [5.74, 6) is 0.566. The second-order valence-corrected chi connectivity index (χ2v) is 5.59. The highest BCUT2D eigenvalue weighted by Crippen LogP contribution is 2.41. The molecule has 0 amide bonds. The number of rotatable bonds is 0. The van der Waals surface area contributed by atoms with E-state index in [1.807, 2.05) is 6.20 Å². The van der Waals surface area contributed by atoms with Crippen LogP contribution in [0.15, 0.2) is 18.6 Å². The minimum absolute atomic E-state index is 0.566. The minimum Gasteiger partial charge on any atom is -0.346 e. The van der Waals surface area contributed by atoms with Gasteiger partial charge in [-0.25, -0.2) is 9.97 Å². The Hall–Kier alpha value is -1.68. The van der Waals surface area contributed by atoms with E-state index in [0.717, 1.165) is 11.9 Å². The van der Waals surface area contributed by atoms with Gasteiger partial charge < -0.3 is 4.98 Å². The molecule has 0 spiro atoms. The molecule has 0 aromatic carbocycles. The van der Waals surface area contributed by atoms with Crippen molar-refractivity contribution in [2.24, 2.45) is 0 Å². The number of hydrogen-bond donors (Lipinski definition) is 1. The van der Waals surface area contributed by atoms with Gasteiger partial charge in [-0.05, 0) is 24.0 Å². The van der Waals surface area contributed by atoms with Crippen LogP contribution in [0.3, 0.4) is 0 Å². The minimum atomic E-state index is 0.566. The molecule has 17 heavy (non-hydrogen) atoms. The van der Waals surface area contributed by atoms with Crippen LogP contribution < -0.4 is 0 Å². The van der Waals surface area contributed by atoms with Crippen LogP contribution in [0.4, 0.5) is 0 Å². The highest BCUT2D eigenvalue weighted by molar-refractivity contribution is 7.25. The van der Waals surface area contributed by atoms with Crippen LogP contribution in [0.25, 0.3) is 26.5 Å². The Kier molecular flexibility index (Phi) is 1.74. The first-order chi connectivity index (χ1) is 8.34. The van der Waals surface area contributed by atoms with Crippen LogP contribution >= 0.6 is 11.3 Å². The van der Waals surface area contributed by atoms with Crippen LogP contribution in [0.5, 0.6) is 0 Å². The van der Waals surface area contributed by atoms with Crippen LogP contribution in [0, 0.1) is 0 Å². The smallest absolute Gasteiger partial charge is 0.116 e. The largest absolute Gasteiger partial charge is 0.346 e. The molecular weight excluding hydrogens is 230 g/mol. The lowest BCUT2D eigenvalue weighted by Gasteiger charge is -2.13. The Morgan fingerprint density at radius 2 is 2.41 bits per heavy atom. The molecule has 0 bridgehead atoms. The normalized spacial score (nSPS) is 19.0. The maximum Gasteiger partial charge on any atom is 0.116 e. The molecule has 84 valence electrons. The van der Waals surface area contributed by atoms with Crippen LogP contribution in [0.2, 0.25) is 0 Å². The summed E-state index contributed by atoms with van der Waals surface area (Å²) in [7, 11) is 0. The van der Waals surface area contributed by atoms with Crippen molar-refractivity contribution in [1.29, 1.82) is 0 Å². The first-order valence-electron chi connectivity index (χ1n) is 5.75. The zero-order chi connectivity index (χ0) is 11.4. The third-order valence-electron chi connectivity index (χ3n) is 3.43. The van der Waals surface area contributed by atoms with E-state index in [2.05, 4.69) is 34.0 Å². The quantitative estimate of drug-likeness (QED) is 0.652. The van der Waals surface area contributed by atoms with Crippen molar-refractivity contribution >= 4 is 37.8 Å². The van der Waals surface area contributed by atoms with Gasteiger partial charge in [-0.15, -0.1) is 11.3 Å². The number of thiophene rings is 1. The van der Waals surface area contributed by atoms with Gasteiger partial charge in [0.1, 0.15) is 11.2 Å². The van der Waals surface area contributed by atoms with Crippen LogP contribution in [-0.4, -0.2) is 15.0 Å². The fraction of sp³-hybridized carbons (Fsp3) is 0.231. The SMILES string of the molecule is CC1CC=Cc2[nH]c3sc4cncnc4c3c21. The summed E-state index contributed by atoms with van der Waals surface area (Å²) in [6.45, 7) is 2.28. The fourth-order valence-electron chi connectivity index (χ4n) is 2.66. The van der Waals surface area contributed by atoms with Gasteiger partial charge >= 0.3 is 0 Å². The monoisotopic (exact) mass is 241 g/mol. The molecule has 4 rings (SSSR count). The number of aromatic nitrogens is 3.